The second kappa shape index (κ2) is 6.93. The SMILES string of the molecule is O=C(Cc1ccccc1Br)N1CCC(NCC2CC2)CC1. The molecule has 0 unspecified atom stereocenters. The highest BCUT2D eigenvalue weighted by molar-refractivity contribution is 9.10. The molecule has 1 aromatic carbocycles. The number of halogens is 1. The number of piperidine rings is 1. The average Bonchev–Trinajstić information content (AvgIpc) is 3.32. The molecule has 21 heavy (non-hydrogen) atoms. The zero-order chi connectivity index (χ0) is 14.7. The predicted molar refractivity (Wildman–Crippen MR) is 88.2 cm³/mol. The molecule has 0 bridgehead atoms. The minimum absolute atomic E-state index is 0.252. The van der Waals surface area contributed by atoms with Crippen molar-refractivity contribution in [2.75, 3.05) is 19.6 Å². The summed E-state index contributed by atoms with van der Waals surface area (Å²) >= 11 is 3.52. The summed E-state index contributed by atoms with van der Waals surface area (Å²) in [6, 6.07) is 8.59. The van der Waals surface area contributed by atoms with Gasteiger partial charge >= 0.3 is 0 Å². The lowest BCUT2D eigenvalue weighted by molar-refractivity contribution is -0.131. The number of benzene rings is 1. The Kier molecular flexibility index (Phi) is 4.96. The monoisotopic (exact) mass is 350 g/mol. The molecule has 1 amide bonds. The summed E-state index contributed by atoms with van der Waals surface area (Å²) in [4.78, 5) is 14.4. The second-order valence-corrected chi connectivity index (χ2v) is 7.13. The zero-order valence-corrected chi connectivity index (χ0v) is 13.9. The van der Waals surface area contributed by atoms with Crippen molar-refractivity contribution in [2.45, 2.75) is 38.1 Å². The number of nitrogens with one attached hydrogen (secondary N) is 1. The van der Waals surface area contributed by atoms with Crippen molar-refractivity contribution in [1.29, 1.82) is 0 Å². The number of rotatable bonds is 5. The van der Waals surface area contributed by atoms with E-state index in [0.29, 0.717) is 12.5 Å². The first-order valence-electron chi connectivity index (χ1n) is 7.97. The Hall–Kier alpha value is -0.870. The average molecular weight is 351 g/mol. The molecule has 1 saturated carbocycles. The van der Waals surface area contributed by atoms with E-state index < -0.39 is 0 Å². The van der Waals surface area contributed by atoms with Crippen molar-refractivity contribution < 1.29 is 4.79 Å². The fourth-order valence-corrected chi connectivity index (χ4v) is 3.33. The lowest BCUT2D eigenvalue weighted by atomic mass is 10.0. The molecule has 2 fully saturated rings. The molecule has 114 valence electrons. The summed E-state index contributed by atoms with van der Waals surface area (Å²) in [5.74, 6) is 1.18. The smallest absolute Gasteiger partial charge is 0.227 e. The Morgan fingerprint density at radius 3 is 2.57 bits per heavy atom. The van der Waals surface area contributed by atoms with Crippen LogP contribution in [-0.4, -0.2) is 36.5 Å². The van der Waals surface area contributed by atoms with Crippen molar-refractivity contribution in [3.8, 4) is 0 Å². The molecule has 0 radical (unpaired) electrons. The summed E-state index contributed by atoms with van der Waals surface area (Å²) in [7, 11) is 0. The van der Waals surface area contributed by atoms with Gasteiger partial charge < -0.3 is 10.2 Å². The van der Waals surface area contributed by atoms with Gasteiger partial charge in [-0.05, 0) is 49.8 Å². The van der Waals surface area contributed by atoms with Crippen molar-refractivity contribution in [1.82, 2.24) is 10.2 Å². The molecule has 1 saturated heterocycles. The summed E-state index contributed by atoms with van der Waals surface area (Å²) in [5.41, 5.74) is 1.08. The first-order chi connectivity index (χ1) is 10.2. The minimum atomic E-state index is 0.252. The van der Waals surface area contributed by atoms with E-state index >= 15 is 0 Å². The number of carbonyl (C=O) groups excluding carboxylic acids is 1. The van der Waals surface area contributed by atoms with E-state index in [1.807, 2.05) is 29.2 Å². The van der Waals surface area contributed by atoms with Crippen LogP contribution in [0.3, 0.4) is 0 Å². The van der Waals surface area contributed by atoms with Gasteiger partial charge in [-0.25, -0.2) is 0 Å². The maximum absolute atomic E-state index is 12.4. The van der Waals surface area contributed by atoms with Crippen LogP contribution in [0.25, 0.3) is 0 Å². The minimum Gasteiger partial charge on any atom is -0.342 e. The van der Waals surface area contributed by atoms with Gasteiger partial charge in [0.15, 0.2) is 0 Å². The number of carbonyl (C=O) groups is 1. The molecule has 0 atom stereocenters. The molecular weight excluding hydrogens is 328 g/mol. The highest BCUT2D eigenvalue weighted by Gasteiger charge is 2.26. The van der Waals surface area contributed by atoms with Crippen molar-refractivity contribution >= 4 is 21.8 Å². The molecule has 3 nitrogen and oxygen atoms in total. The summed E-state index contributed by atoms with van der Waals surface area (Å²) in [6.07, 6.45) is 5.48. The van der Waals surface area contributed by atoms with Gasteiger partial charge in [0.2, 0.25) is 5.91 Å². The molecule has 0 aromatic heterocycles. The van der Waals surface area contributed by atoms with E-state index in [-0.39, 0.29) is 5.91 Å². The van der Waals surface area contributed by atoms with Crippen molar-refractivity contribution in [3.63, 3.8) is 0 Å². The normalized spacial score (nSPS) is 19.8. The number of amides is 1. The molecule has 3 rings (SSSR count). The zero-order valence-electron chi connectivity index (χ0n) is 12.4. The summed E-state index contributed by atoms with van der Waals surface area (Å²) < 4.78 is 1.03. The van der Waals surface area contributed by atoms with Crippen LogP contribution in [0.15, 0.2) is 28.7 Å². The number of nitrogens with zero attached hydrogens (tertiary/aromatic N) is 1. The first kappa shape index (κ1) is 15.0. The van der Waals surface area contributed by atoms with Crippen molar-refractivity contribution in [3.05, 3.63) is 34.3 Å². The van der Waals surface area contributed by atoms with Crippen LogP contribution in [0, 0.1) is 5.92 Å². The third-order valence-electron chi connectivity index (χ3n) is 4.54. The topological polar surface area (TPSA) is 32.3 Å². The largest absolute Gasteiger partial charge is 0.342 e. The number of hydrogen-bond acceptors (Lipinski definition) is 2. The Morgan fingerprint density at radius 2 is 1.90 bits per heavy atom. The Morgan fingerprint density at radius 1 is 1.19 bits per heavy atom. The molecule has 1 aromatic rings. The van der Waals surface area contributed by atoms with Gasteiger partial charge in [0.25, 0.3) is 0 Å². The lowest BCUT2D eigenvalue weighted by Crippen LogP contribution is -2.45. The molecule has 1 aliphatic carbocycles. The van der Waals surface area contributed by atoms with E-state index in [4.69, 9.17) is 0 Å². The molecule has 1 N–H and O–H groups in total. The first-order valence-corrected chi connectivity index (χ1v) is 8.76. The standard InChI is InChI=1S/C17H23BrN2O/c18-16-4-2-1-3-14(16)11-17(21)20-9-7-15(8-10-20)19-12-13-5-6-13/h1-4,13,15,19H,5-12H2. The van der Waals surface area contributed by atoms with Crippen LogP contribution in [-0.2, 0) is 11.2 Å². The highest BCUT2D eigenvalue weighted by atomic mass is 79.9. The van der Waals surface area contributed by atoms with Crippen LogP contribution >= 0.6 is 15.9 Å². The van der Waals surface area contributed by atoms with Gasteiger partial charge in [-0.1, -0.05) is 34.1 Å². The Labute approximate surface area is 135 Å². The van der Waals surface area contributed by atoms with E-state index in [9.17, 15) is 4.79 Å². The van der Waals surface area contributed by atoms with Crippen LogP contribution in [0.1, 0.15) is 31.2 Å². The van der Waals surface area contributed by atoms with Crippen LogP contribution in [0.5, 0.6) is 0 Å². The third kappa shape index (κ3) is 4.30. The molecule has 4 heteroatoms. The van der Waals surface area contributed by atoms with E-state index in [1.54, 1.807) is 0 Å². The fourth-order valence-electron chi connectivity index (χ4n) is 2.90. The van der Waals surface area contributed by atoms with Crippen molar-refractivity contribution in [2.24, 2.45) is 5.92 Å². The number of hydrogen-bond donors (Lipinski definition) is 1. The summed E-state index contributed by atoms with van der Waals surface area (Å²) in [5, 5.41) is 3.66. The maximum Gasteiger partial charge on any atom is 0.227 e. The maximum atomic E-state index is 12.4. The Balaban J connectivity index is 1.45. The van der Waals surface area contributed by atoms with Gasteiger partial charge in [-0.3, -0.25) is 4.79 Å². The number of likely N-dealkylation sites (tertiary alicyclic amines) is 1. The molecule has 2 aliphatic rings. The van der Waals surface area contributed by atoms with Crippen LogP contribution < -0.4 is 5.32 Å². The Bertz CT molecular complexity index is 493. The molecular formula is C17H23BrN2O. The van der Waals surface area contributed by atoms with E-state index in [2.05, 4.69) is 21.2 Å². The fraction of sp³-hybridized carbons (Fsp3) is 0.588. The van der Waals surface area contributed by atoms with E-state index in [0.717, 1.165) is 41.9 Å². The van der Waals surface area contributed by atoms with Crippen LogP contribution in [0.4, 0.5) is 0 Å². The third-order valence-corrected chi connectivity index (χ3v) is 5.31. The molecule has 0 spiro atoms. The van der Waals surface area contributed by atoms with E-state index in [1.165, 1.54) is 19.4 Å². The van der Waals surface area contributed by atoms with Gasteiger partial charge in [-0.15, -0.1) is 0 Å². The van der Waals surface area contributed by atoms with Gasteiger partial charge in [-0.2, -0.15) is 0 Å². The second-order valence-electron chi connectivity index (χ2n) is 6.27. The lowest BCUT2D eigenvalue weighted by Gasteiger charge is -2.32. The van der Waals surface area contributed by atoms with Gasteiger partial charge in [0.05, 0.1) is 6.42 Å². The summed E-state index contributed by atoms with van der Waals surface area (Å²) in [6.45, 7) is 2.97. The predicted octanol–water partition coefficient (Wildman–Crippen LogP) is 2.98. The molecule has 1 aliphatic heterocycles. The quantitative estimate of drug-likeness (QED) is 0.885. The van der Waals surface area contributed by atoms with Gasteiger partial charge in [0.1, 0.15) is 0 Å². The van der Waals surface area contributed by atoms with Gasteiger partial charge in [0, 0.05) is 23.6 Å². The van der Waals surface area contributed by atoms with Crippen LogP contribution in [0.2, 0.25) is 0 Å². The molecule has 1 heterocycles. The highest BCUT2D eigenvalue weighted by Crippen LogP contribution is 2.28.